The minimum absolute atomic E-state index is 0.741. The predicted octanol–water partition coefficient (Wildman–Crippen LogP) is 3.71. The lowest BCUT2D eigenvalue weighted by Crippen LogP contribution is -2.37. The molecule has 2 bridgehead atoms. The van der Waals surface area contributed by atoms with E-state index >= 15 is 0 Å². The van der Waals surface area contributed by atoms with E-state index in [4.69, 9.17) is 4.42 Å². The van der Waals surface area contributed by atoms with Crippen LogP contribution in [0.1, 0.15) is 31.2 Å². The zero-order valence-electron chi connectivity index (χ0n) is 11.8. The average molecular weight is 268 g/mol. The Morgan fingerprint density at radius 1 is 1.45 bits per heavy atom. The van der Waals surface area contributed by atoms with Gasteiger partial charge in [-0.25, -0.2) is 0 Å². The molecule has 2 aromatic heterocycles. The van der Waals surface area contributed by atoms with Crippen LogP contribution in [0.4, 0.5) is 0 Å². The molecular weight excluding hydrogens is 248 g/mol. The molecule has 1 saturated carbocycles. The van der Waals surface area contributed by atoms with E-state index in [9.17, 15) is 0 Å². The molecular formula is C17H20N2O. The van der Waals surface area contributed by atoms with Crippen LogP contribution in [0.15, 0.2) is 35.1 Å². The smallest absolute Gasteiger partial charge is 0.152 e. The molecule has 1 aliphatic heterocycles. The third kappa shape index (κ3) is 1.97. The van der Waals surface area contributed by atoms with E-state index in [0.29, 0.717) is 0 Å². The molecule has 3 nitrogen and oxygen atoms in total. The monoisotopic (exact) mass is 268 g/mol. The maximum atomic E-state index is 5.39. The van der Waals surface area contributed by atoms with Gasteiger partial charge in [-0.3, -0.25) is 9.88 Å². The van der Waals surface area contributed by atoms with Crippen molar-refractivity contribution in [2.45, 2.75) is 37.8 Å². The van der Waals surface area contributed by atoms with Crippen molar-refractivity contribution < 1.29 is 4.42 Å². The highest BCUT2D eigenvalue weighted by Crippen LogP contribution is 2.42. The molecule has 3 heterocycles. The van der Waals surface area contributed by atoms with Crippen molar-refractivity contribution in [2.24, 2.45) is 5.92 Å². The molecule has 20 heavy (non-hydrogen) atoms. The topological polar surface area (TPSA) is 29.3 Å². The van der Waals surface area contributed by atoms with Crippen molar-refractivity contribution >= 4 is 17.2 Å². The summed E-state index contributed by atoms with van der Waals surface area (Å²) in [6.07, 6.45) is 13.5. The van der Waals surface area contributed by atoms with Crippen LogP contribution in [-0.2, 0) is 0 Å². The number of nitrogens with zero attached hydrogens (tertiary/aromatic N) is 2. The summed E-state index contributed by atoms with van der Waals surface area (Å²) >= 11 is 0. The van der Waals surface area contributed by atoms with Gasteiger partial charge in [0.15, 0.2) is 5.58 Å². The number of pyridine rings is 1. The van der Waals surface area contributed by atoms with Crippen LogP contribution >= 0.6 is 0 Å². The second-order valence-electron chi connectivity index (χ2n) is 6.17. The predicted molar refractivity (Wildman–Crippen MR) is 80.3 cm³/mol. The maximum absolute atomic E-state index is 5.39. The summed E-state index contributed by atoms with van der Waals surface area (Å²) in [6.45, 7) is 0. The third-order valence-corrected chi connectivity index (χ3v) is 5.10. The largest absolute Gasteiger partial charge is 0.463 e. The summed E-state index contributed by atoms with van der Waals surface area (Å²) in [7, 11) is 2.29. The van der Waals surface area contributed by atoms with Crippen LogP contribution < -0.4 is 0 Å². The second kappa shape index (κ2) is 4.74. The van der Waals surface area contributed by atoms with Crippen LogP contribution in [0.3, 0.4) is 0 Å². The Balaban J connectivity index is 1.46. The second-order valence-corrected chi connectivity index (χ2v) is 6.17. The lowest BCUT2D eigenvalue weighted by molar-refractivity contribution is 0.177. The fraction of sp³-hybridized carbons (Fsp3) is 0.471. The van der Waals surface area contributed by atoms with Crippen LogP contribution in [-0.4, -0.2) is 29.0 Å². The summed E-state index contributed by atoms with van der Waals surface area (Å²) in [5.74, 6) is 0.917. The lowest BCUT2D eigenvalue weighted by atomic mass is 9.96. The van der Waals surface area contributed by atoms with E-state index < -0.39 is 0 Å². The van der Waals surface area contributed by atoms with Crippen molar-refractivity contribution in [1.82, 2.24) is 9.88 Å². The van der Waals surface area contributed by atoms with Crippen LogP contribution in [0.5, 0.6) is 0 Å². The Kier molecular flexibility index (Phi) is 2.88. The first-order valence-corrected chi connectivity index (χ1v) is 7.53. The molecule has 2 aliphatic rings. The van der Waals surface area contributed by atoms with Crippen molar-refractivity contribution in [3.8, 4) is 0 Å². The summed E-state index contributed by atoms with van der Waals surface area (Å²) < 4.78 is 5.39. The Morgan fingerprint density at radius 2 is 2.40 bits per heavy atom. The molecule has 2 fully saturated rings. The minimum atomic E-state index is 0.741. The first kappa shape index (κ1) is 12.2. The van der Waals surface area contributed by atoms with E-state index in [1.54, 1.807) is 6.26 Å². The molecule has 4 rings (SSSR count). The highest BCUT2D eigenvalue weighted by Gasteiger charge is 2.42. The van der Waals surface area contributed by atoms with Crippen molar-refractivity contribution in [2.75, 3.05) is 7.05 Å². The molecule has 0 aromatic carbocycles. The van der Waals surface area contributed by atoms with Crippen LogP contribution in [0.25, 0.3) is 17.2 Å². The lowest BCUT2D eigenvalue weighted by Gasteiger charge is -2.31. The summed E-state index contributed by atoms with van der Waals surface area (Å²) in [5, 5.41) is 0. The van der Waals surface area contributed by atoms with Gasteiger partial charge in [0.1, 0.15) is 5.52 Å². The van der Waals surface area contributed by atoms with E-state index in [1.165, 1.54) is 19.3 Å². The first-order chi connectivity index (χ1) is 9.81. The number of fused-ring (bicyclic) bond motifs is 3. The summed E-state index contributed by atoms with van der Waals surface area (Å²) in [4.78, 5) is 6.98. The van der Waals surface area contributed by atoms with Gasteiger partial charge < -0.3 is 4.42 Å². The van der Waals surface area contributed by atoms with E-state index in [1.807, 2.05) is 12.3 Å². The molecule has 104 valence electrons. The third-order valence-electron chi connectivity index (χ3n) is 5.10. The van der Waals surface area contributed by atoms with Crippen molar-refractivity contribution in [1.29, 1.82) is 0 Å². The number of furan rings is 1. The van der Waals surface area contributed by atoms with E-state index in [-0.39, 0.29) is 0 Å². The van der Waals surface area contributed by atoms with Gasteiger partial charge in [-0.1, -0.05) is 12.2 Å². The summed E-state index contributed by atoms with van der Waals surface area (Å²) in [5.41, 5.74) is 2.91. The molecule has 3 unspecified atom stereocenters. The van der Waals surface area contributed by atoms with Gasteiger partial charge in [0, 0.05) is 24.3 Å². The van der Waals surface area contributed by atoms with Crippen LogP contribution in [0, 0.1) is 5.92 Å². The Hall–Kier alpha value is -1.61. The summed E-state index contributed by atoms with van der Waals surface area (Å²) in [6, 6.07) is 5.54. The standard InChI is InChI=1S/C17H20N2O/c1-19-14-6-5-13(10-14)16(19)4-2-3-12-9-17-15(18-11-12)7-8-20-17/h2-3,7-9,11,13-14,16H,4-6,10H2,1H3. The molecule has 0 amide bonds. The number of aromatic nitrogens is 1. The van der Waals surface area contributed by atoms with Gasteiger partial charge in [0.05, 0.1) is 6.26 Å². The van der Waals surface area contributed by atoms with Gasteiger partial charge >= 0.3 is 0 Å². The van der Waals surface area contributed by atoms with Gasteiger partial charge in [0.25, 0.3) is 0 Å². The first-order valence-electron chi connectivity index (χ1n) is 7.53. The van der Waals surface area contributed by atoms with Gasteiger partial charge in [-0.2, -0.15) is 0 Å². The average Bonchev–Trinajstić information content (AvgIpc) is 3.15. The van der Waals surface area contributed by atoms with Crippen molar-refractivity contribution in [3.05, 3.63) is 36.2 Å². The SMILES string of the molecule is CN1C2CCC(C2)C1CC=Cc1cnc2ccoc2c1. The van der Waals surface area contributed by atoms with Crippen LogP contribution in [0.2, 0.25) is 0 Å². The van der Waals surface area contributed by atoms with Gasteiger partial charge in [-0.05, 0) is 50.3 Å². The number of likely N-dealkylation sites (tertiary alicyclic amines) is 1. The Labute approximate surface area is 119 Å². The van der Waals surface area contributed by atoms with Gasteiger partial charge in [0.2, 0.25) is 0 Å². The molecule has 3 heteroatoms. The molecule has 1 saturated heterocycles. The zero-order chi connectivity index (χ0) is 13.5. The highest BCUT2D eigenvalue weighted by molar-refractivity contribution is 5.74. The van der Waals surface area contributed by atoms with E-state index in [0.717, 1.165) is 41.1 Å². The molecule has 0 spiro atoms. The molecule has 0 radical (unpaired) electrons. The van der Waals surface area contributed by atoms with Crippen molar-refractivity contribution in [3.63, 3.8) is 0 Å². The highest BCUT2D eigenvalue weighted by atomic mass is 16.3. The quantitative estimate of drug-likeness (QED) is 0.849. The Morgan fingerprint density at radius 3 is 3.25 bits per heavy atom. The number of hydrogen-bond acceptors (Lipinski definition) is 3. The fourth-order valence-corrected chi connectivity index (χ4v) is 3.97. The molecule has 0 N–H and O–H groups in total. The number of piperidine rings is 1. The van der Waals surface area contributed by atoms with Gasteiger partial charge in [-0.15, -0.1) is 0 Å². The van der Waals surface area contributed by atoms with E-state index in [2.05, 4.69) is 35.1 Å². The number of hydrogen-bond donors (Lipinski definition) is 0. The maximum Gasteiger partial charge on any atom is 0.152 e. The molecule has 2 aromatic rings. The minimum Gasteiger partial charge on any atom is -0.463 e. The molecule has 1 aliphatic carbocycles. The normalized spacial score (nSPS) is 29.9. The zero-order valence-corrected chi connectivity index (χ0v) is 11.8. The molecule has 3 atom stereocenters. The Bertz CT molecular complexity index is 643. The number of rotatable bonds is 3. The fourth-order valence-electron chi connectivity index (χ4n) is 3.97.